The first-order valence-corrected chi connectivity index (χ1v) is 10.2. The minimum atomic E-state index is -0.880. The smallest absolute Gasteiger partial charge is 0.330 e. The maximum atomic E-state index is 11.2. The molecule has 2 unspecified atom stereocenters. The Balaban J connectivity index is 1.79. The standard InChI is InChI=1S/C24H30O5/c1-2-28-24(27)13-9-4-3-8-12-22-19(15-17-23(22)26)14-16-20(25)18-29-21-10-6-5-7-11-21/h5-7,9-11,13,20,23,25-26H,2-4,8,12,15,17-18H2,1H3. The van der Waals surface area contributed by atoms with Crippen LogP contribution in [0.5, 0.6) is 5.75 Å². The Bertz CT molecular complexity index is 754. The van der Waals surface area contributed by atoms with E-state index >= 15 is 0 Å². The maximum absolute atomic E-state index is 11.2. The summed E-state index contributed by atoms with van der Waals surface area (Å²) in [5, 5.41) is 20.3. The van der Waals surface area contributed by atoms with Crippen LogP contribution in [0.1, 0.15) is 45.4 Å². The Morgan fingerprint density at radius 3 is 2.86 bits per heavy atom. The number of hydrogen-bond donors (Lipinski definition) is 2. The van der Waals surface area contributed by atoms with Crippen LogP contribution < -0.4 is 4.74 Å². The van der Waals surface area contributed by atoms with Gasteiger partial charge >= 0.3 is 5.97 Å². The second-order valence-electron chi connectivity index (χ2n) is 6.87. The van der Waals surface area contributed by atoms with Gasteiger partial charge in [0.25, 0.3) is 0 Å². The fraction of sp³-hybridized carbons (Fsp3) is 0.458. The van der Waals surface area contributed by atoms with E-state index in [9.17, 15) is 15.0 Å². The van der Waals surface area contributed by atoms with Crippen LogP contribution >= 0.6 is 0 Å². The summed E-state index contributed by atoms with van der Waals surface area (Å²) in [7, 11) is 0. The van der Waals surface area contributed by atoms with E-state index in [1.54, 1.807) is 6.92 Å². The highest BCUT2D eigenvalue weighted by Gasteiger charge is 2.22. The molecule has 0 fully saturated rings. The third-order valence-corrected chi connectivity index (χ3v) is 4.61. The average molecular weight is 398 g/mol. The molecule has 2 rings (SSSR count). The number of para-hydroxylation sites is 1. The monoisotopic (exact) mass is 398 g/mol. The summed E-state index contributed by atoms with van der Waals surface area (Å²) in [6.07, 6.45) is 6.75. The molecule has 2 atom stereocenters. The van der Waals surface area contributed by atoms with Gasteiger partial charge in [-0.15, -0.1) is 0 Å². The zero-order chi connectivity index (χ0) is 20.9. The van der Waals surface area contributed by atoms with E-state index in [1.165, 1.54) is 6.08 Å². The second kappa shape index (κ2) is 12.8. The van der Waals surface area contributed by atoms with Gasteiger partial charge in [-0.05, 0) is 63.2 Å². The third kappa shape index (κ3) is 8.55. The minimum absolute atomic E-state index is 0.106. The quantitative estimate of drug-likeness (QED) is 0.273. The SMILES string of the molecule is CCOC(=O)C=CCCCCC1=C(C#CC(O)COc2ccccc2)CCC1O. The van der Waals surface area contributed by atoms with Crippen molar-refractivity contribution in [1.82, 2.24) is 0 Å². The highest BCUT2D eigenvalue weighted by Crippen LogP contribution is 2.30. The zero-order valence-corrected chi connectivity index (χ0v) is 17.0. The van der Waals surface area contributed by atoms with Crippen LogP contribution in [0.4, 0.5) is 0 Å². The number of unbranched alkanes of at least 4 members (excludes halogenated alkanes) is 2. The number of benzene rings is 1. The van der Waals surface area contributed by atoms with Gasteiger partial charge in [-0.2, -0.15) is 0 Å². The Kier molecular flexibility index (Phi) is 10.1. The van der Waals surface area contributed by atoms with Gasteiger partial charge in [-0.1, -0.05) is 36.1 Å². The Morgan fingerprint density at radius 2 is 2.10 bits per heavy atom. The molecule has 0 spiro atoms. The topological polar surface area (TPSA) is 76.0 Å². The van der Waals surface area contributed by atoms with Crippen molar-refractivity contribution in [3.05, 3.63) is 53.6 Å². The number of aliphatic hydroxyl groups is 2. The van der Waals surface area contributed by atoms with Gasteiger partial charge in [0, 0.05) is 11.6 Å². The van der Waals surface area contributed by atoms with Crippen LogP contribution in [0.15, 0.2) is 53.6 Å². The number of rotatable bonds is 10. The summed E-state index contributed by atoms with van der Waals surface area (Å²) in [6.45, 7) is 2.27. The Hall–Kier alpha value is -2.55. The van der Waals surface area contributed by atoms with Crippen molar-refractivity contribution in [2.45, 2.75) is 57.7 Å². The molecule has 0 amide bonds. The zero-order valence-electron chi connectivity index (χ0n) is 17.0. The molecule has 1 aromatic carbocycles. The van der Waals surface area contributed by atoms with Crippen molar-refractivity contribution in [3.8, 4) is 17.6 Å². The van der Waals surface area contributed by atoms with E-state index in [0.29, 0.717) is 18.8 Å². The first-order chi connectivity index (χ1) is 14.1. The normalized spacial score (nSPS) is 17.1. The summed E-state index contributed by atoms with van der Waals surface area (Å²) in [5.41, 5.74) is 1.90. The van der Waals surface area contributed by atoms with Crippen LogP contribution in [0.25, 0.3) is 0 Å². The molecule has 0 saturated heterocycles. The molecule has 0 bridgehead atoms. The van der Waals surface area contributed by atoms with Crippen LogP contribution in [0.2, 0.25) is 0 Å². The van der Waals surface area contributed by atoms with Crippen molar-refractivity contribution in [2.24, 2.45) is 0 Å². The van der Waals surface area contributed by atoms with Crippen molar-refractivity contribution in [1.29, 1.82) is 0 Å². The van der Waals surface area contributed by atoms with E-state index in [2.05, 4.69) is 11.8 Å². The number of esters is 1. The van der Waals surface area contributed by atoms with Crippen LogP contribution in [-0.4, -0.2) is 41.6 Å². The highest BCUT2D eigenvalue weighted by atomic mass is 16.5. The molecule has 1 aliphatic carbocycles. The fourth-order valence-electron chi connectivity index (χ4n) is 3.13. The van der Waals surface area contributed by atoms with E-state index in [1.807, 2.05) is 36.4 Å². The molecule has 156 valence electrons. The van der Waals surface area contributed by atoms with Gasteiger partial charge in [0.1, 0.15) is 18.5 Å². The Labute approximate surface area is 173 Å². The number of carbonyl (C=O) groups is 1. The van der Waals surface area contributed by atoms with Gasteiger partial charge in [0.2, 0.25) is 0 Å². The molecule has 0 aliphatic heterocycles. The minimum Gasteiger partial charge on any atom is -0.490 e. The lowest BCUT2D eigenvalue weighted by atomic mass is 10.0. The maximum Gasteiger partial charge on any atom is 0.330 e. The second-order valence-corrected chi connectivity index (χ2v) is 6.87. The Morgan fingerprint density at radius 1 is 1.31 bits per heavy atom. The highest BCUT2D eigenvalue weighted by molar-refractivity contribution is 5.81. The lowest BCUT2D eigenvalue weighted by Crippen LogP contribution is -2.15. The molecule has 2 N–H and O–H groups in total. The lowest BCUT2D eigenvalue weighted by molar-refractivity contribution is -0.137. The molecule has 5 nitrogen and oxygen atoms in total. The van der Waals surface area contributed by atoms with E-state index in [0.717, 1.165) is 43.3 Å². The number of carbonyl (C=O) groups excluding carboxylic acids is 1. The average Bonchev–Trinajstić information content (AvgIpc) is 3.08. The van der Waals surface area contributed by atoms with Crippen LogP contribution in [0, 0.1) is 11.8 Å². The van der Waals surface area contributed by atoms with Gasteiger partial charge in [-0.3, -0.25) is 0 Å². The first kappa shape index (κ1) is 22.7. The number of aliphatic hydroxyl groups excluding tert-OH is 2. The summed E-state index contributed by atoms with van der Waals surface area (Å²) in [6, 6.07) is 9.30. The van der Waals surface area contributed by atoms with Gasteiger partial charge in [-0.25, -0.2) is 4.79 Å². The van der Waals surface area contributed by atoms with Crippen molar-refractivity contribution in [2.75, 3.05) is 13.2 Å². The van der Waals surface area contributed by atoms with Crippen molar-refractivity contribution >= 4 is 5.97 Å². The molecule has 29 heavy (non-hydrogen) atoms. The number of allylic oxidation sites excluding steroid dienone is 2. The number of hydrogen-bond acceptors (Lipinski definition) is 5. The predicted octanol–water partition coefficient (Wildman–Crippen LogP) is 3.56. The lowest BCUT2D eigenvalue weighted by Gasteiger charge is -2.09. The van der Waals surface area contributed by atoms with Gasteiger partial charge < -0.3 is 19.7 Å². The molecule has 0 heterocycles. The van der Waals surface area contributed by atoms with E-state index in [-0.39, 0.29) is 12.6 Å². The largest absolute Gasteiger partial charge is 0.490 e. The molecule has 1 aliphatic rings. The summed E-state index contributed by atoms with van der Waals surface area (Å²) >= 11 is 0. The van der Waals surface area contributed by atoms with Gasteiger partial charge in [0.15, 0.2) is 0 Å². The first-order valence-electron chi connectivity index (χ1n) is 10.2. The van der Waals surface area contributed by atoms with E-state index < -0.39 is 12.2 Å². The molecule has 0 aromatic heterocycles. The third-order valence-electron chi connectivity index (χ3n) is 4.61. The molecule has 5 heteroatoms. The molecule has 0 radical (unpaired) electrons. The summed E-state index contributed by atoms with van der Waals surface area (Å²) < 4.78 is 10.3. The van der Waals surface area contributed by atoms with Crippen LogP contribution in [-0.2, 0) is 9.53 Å². The number of ether oxygens (including phenoxy) is 2. The van der Waals surface area contributed by atoms with Crippen molar-refractivity contribution in [3.63, 3.8) is 0 Å². The molecule has 0 saturated carbocycles. The molecular weight excluding hydrogens is 368 g/mol. The van der Waals surface area contributed by atoms with E-state index in [4.69, 9.17) is 9.47 Å². The van der Waals surface area contributed by atoms with Crippen LogP contribution in [0.3, 0.4) is 0 Å². The molecular formula is C24H30O5. The molecule has 1 aromatic rings. The summed E-state index contributed by atoms with van der Waals surface area (Å²) in [5.74, 6) is 6.26. The van der Waals surface area contributed by atoms with Gasteiger partial charge in [0.05, 0.1) is 12.7 Å². The predicted molar refractivity (Wildman–Crippen MR) is 112 cm³/mol. The van der Waals surface area contributed by atoms with Crippen molar-refractivity contribution < 1.29 is 24.5 Å². The fourth-order valence-corrected chi connectivity index (χ4v) is 3.13. The summed E-state index contributed by atoms with van der Waals surface area (Å²) in [4.78, 5) is 11.2.